The number of nitrogens with zero attached hydrogens (tertiary/aromatic N) is 1. The fraction of sp³-hybridized carbons (Fsp3) is 0.600. The number of carbonyl (C=O) groups is 2. The Morgan fingerprint density at radius 1 is 1.38 bits per heavy atom. The molecule has 6 heteroatoms. The van der Waals surface area contributed by atoms with Crippen LogP contribution < -0.4 is 11.1 Å². The lowest BCUT2D eigenvalue weighted by molar-refractivity contribution is -0.124. The highest BCUT2D eigenvalue weighted by atomic mass is 32.1. The van der Waals surface area contributed by atoms with Crippen molar-refractivity contribution in [2.45, 2.75) is 44.2 Å². The van der Waals surface area contributed by atoms with E-state index in [0.29, 0.717) is 13.0 Å². The maximum absolute atomic E-state index is 12.9. The van der Waals surface area contributed by atoms with Crippen molar-refractivity contribution in [3.8, 4) is 0 Å². The summed E-state index contributed by atoms with van der Waals surface area (Å²) in [5.41, 5.74) is 7.96. The molecule has 1 aromatic heterocycles. The van der Waals surface area contributed by atoms with Gasteiger partial charge in [0.05, 0.1) is 5.56 Å². The zero-order valence-electron chi connectivity index (χ0n) is 12.2. The average Bonchev–Trinajstić information content (AvgIpc) is 3.09. The summed E-state index contributed by atoms with van der Waals surface area (Å²) in [7, 11) is 1.60. The van der Waals surface area contributed by atoms with Crippen LogP contribution in [0, 0.1) is 0 Å². The summed E-state index contributed by atoms with van der Waals surface area (Å²) in [4.78, 5) is 27.8. The minimum atomic E-state index is -0.434. The van der Waals surface area contributed by atoms with Gasteiger partial charge in [0.2, 0.25) is 5.91 Å². The van der Waals surface area contributed by atoms with Gasteiger partial charge in [-0.15, -0.1) is 11.3 Å². The smallest absolute Gasteiger partial charge is 0.255 e. The second kappa shape index (κ2) is 5.77. The van der Waals surface area contributed by atoms with Crippen LogP contribution in [0.1, 0.15) is 40.1 Å². The number of amides is 2. The number of nitrogens with one attached hydrogen (secondary N) is 1. The number of likely N-dealkylation sites (tertiary alicyclic amines) is 1. The SMILES string of the molecule is CNC(=O)[C@@H]1C[C@@H](N)CN1C(=O)c1csc2c1CCCC2. The van der Waals surface area contributed by atoms with Crippen LogP contribution in [0.15, 0.2) is 5.38 Å². The van der Waals surface area contributed by atoms with Gasteiger partial charge in [0.15, 0.2) is 0 Å². The third-order valence-corrected chi connectivity index (χ3v) is 5.52. The number of likely N-dealkylation sites (N-methyl/N-ethyl adjacent to an activating group) is 1. The zero-order chi connectivity index (χ0) is 15.0. The molecule has 2 amide bonds. The standard InChI is InChI=1S/C15H21N3O2S/c1-17-14(19)12-6-9(16)7-18(12)15(20)11-8-21-13-5-3-2-4-10(11)13/h8-9,12H,2-7,16H2,1H3,(H,17,19)/t9-,12+/m1/s1. The van der Waals surface area contributed by atoms with Gasteiger partial charge in [-0.1, -0.05) is 0 Å². The van der Waals surface area contributed by atoms with E-state index in [1.165, 1.54) is 16.9 Å². The zero-order valence-corrected chi connectivity index (χ0v) is 13.0. The Morgan fingerprint density at radius 2 is 2.14 bits per heavy atom. The Morgan fingerprint density at radius 3 is 2.90 bits per heavy atom. The number of aryl methyl sites for hydroxylation is 1. The van der Waals surface area contributed by atoms with Gasteiger partial charge < -0.3 is 16.0 Å². The third-order valence-electron chi connectivity index (χ3n) is 4.44. The van der Waals surface area contributed by atoms with Crippen molar-refractivity contribution < 1.29 is 9.59 Å². The van der Waals surface area contributed by atoms with Crippen molar-refractivity contribution in [3.63, 3.8) is 0 Å². The Hall–Kier alpha value is -1.40. The molecule has 2 heterocycles. The molecule has 0 saturated carbocycles. The van der Waals surface area contributed by atoms with Crippen LogP contribution in [0.2, 0.25) is 0 Å². The highest BCUT2D eigenvalue weighted by Crippen LogP contribution is 2.32. The molecule has 0 aromatic carbocycles. The van der Waals surface area contributed by atoms with Crippen LogP contribution in [-0.4, -0.2) is 42.4 Å². The average molecular weight is 307 g/mol. The maximum atomic E-state index is 12.9. The largest absolute Gasteiger partial charge is 0.357 e. The summed E-state index contributed by atoms with van der Waals surface area (Å²) in [5, 5.41) is 4.60. The number of carbonyl (C=O) groups excluding carboxylic acids is 2. The summed E-state index contributed by atoms with van der Waals surface area (Å²) in [5.74, 6) is -0.156. The molecule has 1 aliphatic carbocycles. The number of hydrogen-bond donors (Lipinski definition) is 2. The van der Waals surface area contributed by atoms with Gasteiger partial charge in [-0.3, -0.25) is 9.59 Å². The third kappa shape index (κ3) is 2.58. The van der Waals surface area contributed by atoms with Crippen molar-refractivity contribution in [2.24, 2.45) is 5.73 Å². The van der Waals surface area contributed by atoms with Gasteiger partial charge in [-0.05, 0) is 37.7 Å². The second-order valence-corrected chi connectivity index (χ2v) is 6.81. The van der Waals surface area contributed by atoms with E-state index in [1.807, 2.05) is 5.38 Å². The number of thiophene rings is 1. The lowest BCUT2D eigenvalue weighted by Gasteiger charge is -2.24. The van der Waals surface area contributed by atoms with Gasteiger partial charge in [-0.25, -0.2) is 0 Å². The molecule has 3 rings (SSSR count). The summed E-state index contributed by atoms with van der Waals surface area (Å²) in [6.45, 7) is 0.460. The Kier molecular flexibility index (Phi) is 3.99. The van der Waals surface area contributed by atoms with Crippen molar-refractivity contribution in [3.05, 3.63) is 21.4 Å². The fourth-order valence-corrected chi connectivity index (χ4v) is 4.46. The first-order valence-corrected chi connectivity index (χ1v) is 8.37. The fourth-order valence-electron chi connectivity index (χ4n) is 3.34. The lowest BCUT2D eigenvalue weighted by Crippen LogP contribution is -2.45. The Bertz CT molecular complexity index is 569. The minimum absolute atomic E-state index is 0.0315. The van der Waals surface area contributed by atoms with Gasteiger partial charge >= 0.3 is 0 Å². The molecule has 1 aliphatic heterocycles. The monoisotopic (exact) mass is 307 g/mol. The normalized spacial score (nSPS) is 24.8. The topological polar surface area (TPSA) is 75.4 Å². The van der Waals surface area contributed by atoms with Gasteiger partial charge in [-0.2, -0.15) is 0 Å². The van der Waals surface area contributed by atoms with Crippen molar-refractivity contribution in [1.29, 1.82) is 0 Å². The first-order valence-electron chi connectivity index (χ1n) is 7.49. The van der Waals surface area contributed by atoms with Gasteiger partial charge in [0, 0.05) is 29.9 Å². The molecule has 0 bridgehead atoms. The maximum Gasteiger partial charge on any atom is 0.255 e. The number of hydrogen-bond acceptors (Lipinski definition) is 4. The lowest BCUT2D eigenvalue weighted by atomic mass is 9.95. The molecule has 21 heavy (non-hydrogen) atoms. The highest BCUT2D eigenvalue weighted by molar-refractivity contribution is 7.10. The predicted octanol–water partition coefficient (Wildman–Crippen LogP) is 0.915. The quantitative estimate of drug-likeness (QED) is 0.853. The molecule has 2 aliphatic rings. The molecule has 3 N–H and O–H groups in total. The first kappa shape index (κ1) is 14.5. The van der Waals surface area contributed by atoms with Crippen LogP contribution in [-0.2, 0) is 17.6 Å². The Labute approximate surface area is 128 Å². The molecular formula is C15H21N3O2S. The molecule has 0 spiro atoms. The number of rotatable bonds is 2. The summed E-state index contributed by atoms with van der Waals surface area (Å²) in [6, 6.07) is -0.553. The van der Waals surface area contributed by atoms with Gasteiger partial charge in [0.1, 0.15) is 6.04 Å². The van der Waals surface area contributed by atoms with Gasteiger partial charge in [0.25, 0.3) is 5.91 Å². The van der Waals surface area contributed by atoms with Crippen LogP contribution in [0.25, 0.3) is 0 Å². The summed E-state index contributed by atoms with van der Waals surface area (Å²) >= 11 is 1.68. The molecule has 2 atom stereocenters. The summed E-state index contributed by atoms with van der Waals surface area (Å²) in [6.07, 6.45) is 4.94. The van der Waals surface area contributed by atoms with Crippen molar-refractivity contribution in [2.75, 3.05) is 13.6 Å². The van der Waals surface area contributed by atoms with E-state index in [4.69, 9.17) is 5.73 Å². The first-order chi connectivity index (χ1) is 10.1. The number of nitrogens with two attached hydrogens (primary N) is 1. The van der Waals surface area contributed by atoms with Crippen LogP contribution in [0.4, 0.5) is 0 Å². The van der Waals surface area contributed by atoms with Crippen LogP contribution in [0.5, 0.6) is 0 Å². The van der Waals surface area contributed by atoms with Crippen molar-refractivity contribution in [1.82, 2.24) is 10.2 Å². The molecule has 0 radical (unpaired) electrons. The van der Waals surface area contributed by atoms with E-state index in [-0.39, 0.29) is 17.9 Å². The minimum Gasteiger partial charge on any atom is -0.357 e. The predicted molar refractivity (Wildman–Crippen MR) is 82.4 cm³/mol. The van der Waals surface area contributed by atoms with E-state index in [0.717, 1.165) is 24.8 Å². The summed E-state index contributed by atoms with van der Waals surface area (Å²) < 4.78 is 0. The van der Waals surface area contributed by atoms with E-state index in [2.05, 4.69) is 5.32 Å². The highest BCUT2D eigenvalue weighted by Gasteiger charge is 2.39. The second-order valence-electron chi connectivity index (χ2n) is 5.84. The number of fused-ring (bicyclic) bond motifs is 1. The molecule has 0 unspecified atom stereocenters. The van der Waals surface area contributed by atoms with E-state index in [9.17, 15) is 9.59 Å². The molecule has 1 aromatic rings. The van der Waals surface area contributed by atoms with Crippen LogP contribution >= 0.6 is 11.3 Å². The molecule has 5 nitrogen and oxygen atoms in total. The molecule has 114 valence electrons. The Balaban J connectivity index is 1.87. The molecular weight excluding hydrogens is 286 g/mol. The molecule has 1 fully saturated rings. The van der Waals surface area contributed by atoms with Crippen LogP contribution in [0.3, 0.4) is 0 Å². The van der Waals surface area contributed by atoms with Crippen molar-refractivity contribution >= 4 is 23.2 Å². The van der Waals surface area contributed by atoms with E-state index in [1.54, 1.807) is 23.3 Å². The van der Waals surface area contributed by atoms with E-state index < -0.39 is 6.04 Å². The van der Waals surface area contributed by atoms with E-state index >= 15 is 0 Å². The molecule has 1 saturated heterocycles.